The quantitative estimate of drug-likeness (QED) is 0.636. The van der Waals surface area contributed by atoms with Gasteiger partial charge in [-0.25, -0.2) is 0 Å². The first-order valence-electron chi connectivity index (χ1n) is 9.27. The molecule has 4 rings (SSSR count). The Hall–Kier alpha value is -3.55. The zero-order valence-corrected chi connectivity index (χ0v) is 15.6. The van der Waals surface area contributed by atoms with Crippen LogP contribution >= 0.6 is 0 Å². The van der Waals surface area contributed by atoms with E-state index in [0.717, 1.165) is 25.0 Å². The smallest absolute Gasteiger partial charge is 0.349 e. The fourth-order valence-corrected chi connectivity index (χ4v) is 2.94. The molecule has 0 aliphatic heterocycles. The van der Waals surface area contributed by atoms with Crippen molar-refractivity contribution in [3.63, 3.8) is 0 Å². The van der Waals surface area contributed by atoms with Gasteiger partial charge in [-0.1, -0.05) is 18.2 Å². The Kier molecular flexibility index (Phi) is 5.07. The van der Waals surface area contributed by atoms with Crippen molar-refractivity contribution in [1.29, 1.82) is 0 Å². The number of ketones is 1. The second-order valence-corrected chi connectivity index (χ2v) is 6.98. The summed E-state index contributed by atoms with van der Waals surface area (Å²) in [4.78, 5) is 32.8. The monoisotopic (exact) mass is 411 g/mol. The van der Waals surface area contributed by atoms with Gasteiger partial charge in [0.2, 0.25) is 5.78 Å². The SMILES string of the molecule is O=C(NC1CC1)c1ccc(-c2ccc(C(=O)c3ccccc3C(F)(F)F)nc2)nc1. The number of aromatic nitrogens is 2. The Morgan fingerprint density at radius 1 is 0.933 bits per heavy atom. The van der Waals surface area contributed by atoms with Gasteiger partial charge in [-0.15, -0.1) is 0 Å². The number of nitrogens with one attached hydrogen (secondary N) is 1. The van der Waals surface area contributed by atoms with Gasteiger partial charge in [0.25, 0.3) is 5.91 Å². The van der Waals surface area contributed by atoms with Crippen LogP contribution in [0, 0.1) is 0 Å². The lowest BCUT2D eigenvalue weighted by atomic mass is 10.0. The highest BCUT2D eigenvalue weighted by atomic mass is 19.4. The first-order valence-corrected chi connectivity index (χ1v) is 9.27. The van der Waals surface area contributed by atoms with Crippen LogP contribution in [0.2, 0.25) is 0 Å². The molecule has 30 heavy (non-hydrogen) atoms. The maximum atomic E-state index is 13.2. The van der Waals surface area contributed by atoms with Crippen molar-refractivity contribution in [3.05, 3.63) is 83.3 Å². The normalized spacial score (nSPS) is 13.7. The van der Waals surface area contributed by atoms with E-state index in [0.29, 0.717) is 16.8 Å². The Bertz CT molecular complexity index is 1090. The van der Waals surface area contributed by atoms with E-state index in [2.05, 4.69) is 15.3 Å². The first kappa shape index (κ1) is 19.8. The van der Waals surface area contributed by atoms with E-state index in [9.17, 15) is 22.8 Å². The molecular formula is C22H16F3N3O2. The molecule has 0 saturated heterocycles. The van der Waals surface area contributed by atoms with Gasteiger partial charge < -0.3 is 5.32 Å². The minimum absolute atomic E-state index is 0.101. The number of amides is 1. The van der Waals surface area contributed by atoms with Gasteiger partial charge >= 0.3 is 6.18 Å². The van der Waals surface area contributed by atoms with Gasteiger partial charge in [0, 0.05) is 29.6 Å². The third-order valence-electron chi connectivity index (χ3n) is 4.71. The average Bonchev–Trinajstić information content (AvgIpc) is 3.57. The predicted octanol–water partition coefficient (Wildman–Crippen LogP) is 4.29. The van der Waals surface area contributed by atoms with Crippen molar-refractivity contribution in [2.24, 2.45) is 0 Å². The molecule has 0 radical (unpaired) electrons. The van der Waals surface area contributed by atoms with E-state index in [1.54, 1.807) is 18.2 Å². The molecule has 1 amide bonds. The van der Waals surface area contributed by atoms with Crippen molar-refractivity contribution in [1.82, 2.24) is 15.3 Å². The highest BCUT2D eigenvalue weighted by Crippen LogP contribution is 2.32. The number of hydrogen-bond acceptors (Lipinski definition) is 4. The molecular weight excluding hydrogens is 395 g/mol. The third kappa shape index (κ3) is 4.22. The largest absolute Gasteiger partial charge is 0.417 e. The summed E-state index contributed by atoms with van der Waals surface area (Å²) in [7, 11) is 0. The second-order valence-electron chi connectivity index (χ2n) is 6.98. The summed E-state index contributed by atoms with van der Waals surface area (Å²) in [5, 5.41) is 2.87. The number of carbonyl (C=O) groups is 2. The minimum Gasteiger partial charge on any atom is -0.349 e. The van der Waals surface area contributed by atoms with Gasteiger partial charge in [-0.2, -0.15) is 13.2 Å². The third-order valence-corrected chi connectivity index (χ3v) is 4.71. The summed E-state index contributed by atoms with van der Waals surface area (Å²) in [6.45, 7) is 0. The lowest BCUT2D eigenvalue weighted by molar-refractivity contribution is -0.137. The number of hydrogen-bond donors (Lipinski definition) is 1. The fourth-order valence-electron chi connectivity index (χ4n) is 2.94. The average molecular weight is 411 g/mol. The molecule has 1 saturated carbocycles. The zero-order valence-electron chi connectivity index (χ0n) is 15.6. The predicted molar refractivity (Wildman–Crippen MR) is 103 cm³/mol. The molecule has 0 atom stereocenters. The fraction of sp³-hybridized carbons (Fsp3) is 0.182. The van der Waals surface area contributed by atoms with Crippen LogP contribution in [-0.2, 0) is 6.18 Å². The highest BCUT2D eigenvalue weighted by molar-refractivity contribution is 6.08. The molecule has 152 valence electrons. The van der Waals surface area contributed by atoms with Gasteiger partial charge in [0.15, 0.2) is 0 Å². The number of halogens is 3. The van der Waals surface area contributed by atoms with Crippen LogP contribution in [0.5, 0.6) is 0 Å². The number of rotatable bonds is 5. The molecule has 1 aromatic carbocycles. The molecule has 0 unspecified atom stereocenters. The van der Waals surface area contributed by atoms with Crippen LogP contribution in [0.4, 0.5) is 13.2 Å². The topological polar surface area (TPSA) is 72.0 Å². The Balaban J connectivity index is 1.53. The van der Waals surface area contributed by atoms with Crippen molar-refractivity contribution < 1.29 is 22.8 Å². The Morgan fingerprint density at radius 3 is 2.30 bits per heavy atom. The molecule has 1 fully saturated rings. The van der Waals surface area contributed by atoms with E-state index in [1.165, 1.54) is 30.6 Å². The number of benzene rings is 1. The molecule has 0 bridgehead atoms. The van der Waals surface area contributed by atoms with Crippen molar-refractivity contribution in [3.8, 4) is 11.3 Å². The van der Waals surface area contributed by atoms with Crippen LogP contribution in [0.1, 0.15) is 44.8 Å². The second kappa shape index (κ2) is 7.70. The number of nitrogens with zero attached hydrogens (tertiary/aromatic N) is 2. The standard InChI is InChI=1S/C22H16F3N3O2/c23-22(24,25)17-4-2-1-3-16(17)20(29)19-10-5-13(11-27-19)18-9-6-14(12-26-18)21(30)28-15-7-8-15/h1-6,9-12,15H,7-8H2,(H,28,30). The van der Waals surface area contributed by atoms with Crippen molar-refractivity contribution in [2.75, 3.05) is 0 Å². The first-order chi connectivity index (χ1) is 14.3. The maximum absolute atomic E-state index is 13.2. The summed E-state index contributed by atoms with van der Waals surface area (Å²) >= 11 is 0. The van der Waals surface area contributed by atoms with Crippen LogP contribution in [-0.4, -0.2) is 27.7 Å². The summed E-state index contributed by atoms with van der Waals surface area (Å²) in [6.07, 6.45) is 0.161. The number of pyridine rings is 2. The van der Waals surface area contributed by atoms with E-state index < -0.39 is 23.1 Å². The lowest BCUT2D eigenvalue weighted by Crippen LogP contribution is -2.25. The van der Waals surface area contributed by atoms with Crippen molar-refractivity contribution >= 4 is 11.7 Å². The summed E-state index contributed by atoms with van der Waals surface area (Å²) in [5.74, 6) is -0.992. The highest BCUT2D eigenvalue weighted by Gasteiger charge is 2.35. The van der Waals surface area contributed by atoms with Gasteiger partial charge in [0.1, 0.15) is 5.69 Å². The molecule has 1 aliphatic carbocycles. The van der Waals surface area contributed by atoms with Crippen molar-refractivity contribution in [2.45, 2.75) is 25.1 Å². The van der Waals surface area contributed by atoms with Crippen LogP contribution < -0.4 is 5.32 Å². The summed E-state index contributed by atoms with van der Waals surface area (Å²) < 4.78 is 39.5. The van der Waals surface area contributed by atoms with E-state index >= 15 is 0 Å². The zero-order chi connectivity index (χ0) is 21.3. The molecule has 1 N–H and O–H groups in total. The van der Waals surface area contributed by atoms with Crippen LogP contribution in [0.15, 0.2) is 60.9 Å². The Labute approximate surface area is 170 Å². The molecule has 2 heterocycles. The minimum atomic E-state index is -4.64. The molecule has 2 aromatic heterocycles. The van der Waals surface area contributed by atoms with E-state index in [-0.39, 0.29) is 17.6 Å². The van der Waals surface area contributed by atoms with Gasteiger partial charge in [0.05, 0.1) is 16.8 Å². The molecule has 1 aliphatic rings. The summed E-state index contributed by atoms with van der Waals surface area (Å²) in [6, 6.07) is 11.1. The lowest BCUT2D eigenvalue weighted by Gasteiger charge is -2.11. The molecule has 3 aromatic rings. The molecule has 5 nitrogen and oxygen atoms in total. The summed E-state index contributed by atoms with van der Waals surface area (Å²) in [5.41, 5.74) is -0.00738. The molecule has 8 heteroatoms. The van der Waals surface area contributed by atoms with Gasteiger partial charge in [-0.3, -0.25) is 19.6 Å². The van der Waals surface area contributed by atoms with Crippen LogP contribution in [0.3, 0.4) is 0 Å². The van der Waals surface area contributed by atoms with Gasteiger partial charge in [-0.05, 0) is 43.2 Å². The van der Waals surface area contributed by atoms with E-state index in [1.807, 2.05) is 0 Å². The maximum Gasteiger partial charge on any atom is 0.417 e. The van der Waals surface area contributed by atoms with E-state index in [4.69, 9.17) is 0 Å². The number of carbonyl (C=O) groups excluding carboxylic acids is 2. The molecule has 0 spiro atoms. The van der Waals surface area contributed by atoms with Crippen LogP contribution in [0.25, 0.3) is 11.3 Å². The number of alkyl halides is 3. The Morgan fingerprint density at radius 2 is 1.70 bits per heavy atom.